The summed E-state index contributed by atoms with van der Waals surface area (Å²) in [6.07, 6.45) is 9.00. The summed E-state index contributed by atoms with van der Waals surface area (Å²) in [6, 6.07) is 0.482. The van der Waals surface area contributed by atoms with Crippen molar-refractivity contribution in [3.63, 3.8) is 0 Å². The van der Waals surface area contributed by atoms with Crippen molar-refractivity contribution in [1.29, 1.82) is 0 Å². The molecule has 0 amide bonds. The second-order valence-electron chi connectivity index (χ2n) is 7.79. The van der Waals surface area contributed by atoms with Gasteiger partial charge >= 0.3 is 0 Å². The Morgan fingerprint density at radius 2 is 1.88 bits per heavy atom. The second-order valence-corrected chi connectivity index (χ2v) is 7.79. The third kappa shape index (κ3) is 2.15. The van der Waals surface area contributed by atoms with Gasteiger partial charge in [0.05, 0.1) is 0 Å². The highest BCUT2D eigenvalue weighted by molar-refractivity contribution is 5.06. The molecular weight excluding hydrogens is 208 g/mol. The molecule has 0 spiro atoms. The van der Waals surface area contributed by atoms with Crippen LogP contribution in [0.4, 0.5) is 0 Å². The second kappa shape index (κ2) is 3.96. The van der Waals surface area contributed by atoms with Crippen molar-refractivity contribution in [3.8, 4) is 0 Å². The lowest BCUT2D eigenvalue weighted by Gasteiger charge is -2.61. The molecule has 4 bridgehead atoms. The van der Waals surface area contributed by atoms with E-state index >= 15 is 0 Å². The van der Waals surface area contributed by atoms with Gasteiger partial charge < -0.3 is 11.1 Å². The van der Waals surface area contributed by atoms with Crippen molar-refractivity contribution >= 4 is 0 Å². The Kier molecular flexibility index (Phi) is 2.79. The SMILES string of the molecule is C[C@@H](CN)NCC12CC3CC(CC(C)(C3)C1)C2. The average Bonchev–Trinajstić information content (AvgIpc) is 2.22. The Bertz CT molecular complexity index is 285. The highest BCUT2D eigenvalue weighted by Crippen LogP contribution is 2.64. The van der Waals surface area contributed by atoms with Crippen LogP contribution in [0.15, 0.2) is 0 Å². The molecule has 0 aromatic carbocycles. The molecule has 2 unspecified atom stereocenters. The first-order valence-electron chi connectivity index (χ1n) is 7.46. The molecule has 0 saturated heterocycles. The highest BCUT2D eigenvalue weighted by atomic mass is 14.9. The van der Waals surface area contributed by atoms with E-state index in [1.165, 1.54) is 45.1 Å². The third-order valence-corrected chi connectivity index (χ3v) is 5.65. The molecule has 98 valence electrons. The zero-order valence-electron chi connectivity index (χ0n) is 11.5. The van der Waals surface area contributed by atoms with E-state index in [2.05, 4.69) is 19.2 Å². The first-order chi connectivity index (χ1) is 8.03. The molecule has 4 saturated carbocycles. The van der Waals surface area contributed by atoms with Crippen LogP contribution in [-0.4, -0.2) is 19.1 Å². The van der Waals surface area contributed by atoms with Crippen LogP contribution in [0.2, 0.25) is 0 Å². The van der Waals surface area contributed by atoms with Gasteiger partial charge in [-0.15, -0.1) is 0 Å². The largest absolute Gasteiger partial charge is 0.329 e. The van der Waals surface area contributed by atoms with Crippen LogP contribution in [0.1, 0.15) is 52.4 Å². The maximum Gasteiger partial charge on any atom is 0.0162 e. The molecular formula is C15H28N2. The fourth-order valence-electron chi connectivity index (χ4n) is 5.61. The molecule has 0 aromatic heterocycles. The van der Waals surface area contributed by atoms with Crippen molar-refractivity contribution in [2.45, 2.75) is 58.4 Å². The molecule has 0 radical (unpaired) electrons. The van der Waals surface area contributed by atoms with E-state index in [0.717, 1.165) is 18.4 Å². The summed E-state index contributed by atoms with van der Waals surface area (Å²) in [5.74, 6) is 2.08. The van der Waals surface area contributed by atoms with E-state index in [1.807, 2.05) is 0 Å². The Hall–Kier alpha value is -0.0800. The van der Waals surface area contributed by atoms with Crippen molar-refractivity contribution in [3.05, 3.63) is 0 Å². The molecule has 4 fully saturated rings. The summed E-state index contributed by atoms with van der Waals surface area (Å²) in [7, 11) is 0. The number of hydrogen-bond donors (Lipinski definition) is 2. The van der Waals surface area contributed by atoms with Crippen molar-refractivity contribution in [1.82, 2.24) is 5.32 Å². The summed E-state index contributed by atoms with van der Waals surface area (Å²) >= 11 is 0. The van der Waals surface area contributed by atoms with Gasteiger partial charge in [0.2, 0.25) is 0 Å². The zero-order chi connectivity index (χ0) is 12.1. The Labute approximate surface area is 106 Å². The van der Waals surface area contributed by atoms with Crippen LogP contribution in [0.3, 0.4) is 0 Å². The van der Waals surface area contributed by atoms with Crippen LogP contribution >= 0.6 is 0 Å². The highest BCUT2D eigenvalue weighted by Gasteiger charge is 2.55. The Balaban J connectivity index is 1.70. The topological polar surface area (TPSA) is 38.0 Å². The molecule has 4 aliphatic carbocycles. The molecule has 4 aliphatic rings. The smallest absolute Gasteiger partial charge is 0.0162 e. The van der Waals surface area contributed by atoms with E-state index < -0.39 is 0 Å². The van der Waals surface area contributed by atoms with Crippen LogP contribution in [0.25, 0.3) is 0 Å². The van der Waals surface area contributed by atoms with Gasteiger partial charge in [-0.05, 0) is 68.1 Å². The van der Waals surface area contributed by atoms with Gasteiger partial charge in [0.25, 0.3) is 0 Å². The minimum absolute atomic E-state index is 0.482. The maximum absolute atomic E-state index is 5.71. The van der Waals surface area contributed by atoms with Gasteiger partial charge in [0.1, 0.15) is 0 Å². The fourth-order valence-corrected chi connectivity index (χ4v) is 5.61. The number of rotatable bonds is 4. The summed E-state index contributed by atoms with van der Waals surface area (Å²) in [4.78, 5) is 0. The number of hydrogen-bond acceptors (Lipinski definition) is 2. The molecule has 0 aromatic rings. The first kappa shape index (κ1) is 12.0. The van der Waals surface area contributed by atoms with E-state index in [9.17, 15) is 0 Å². The van der Waals surface area contributed by atoms with E-state index in [1.54, 1.807) is 0 Å². The van der Waals surface area contributed by atoms with E-state index in [-0.39, 0.29) is 0 Å². The third-order valence-electron chi connectivity index (χ3n) is 5.65. The van der Waals surface area contributed by atoms with Gasteiger partial charge in [0, 0.05) is 19.1 Å². The molecule has 2 nitrogen and oxygen atoms in total. The lowest BCUT2D eigenvalue weighted by molar-refractivity contribution is -0.100. The normalized spacial score (nSPS) is 49.6. The maximum atomic E-state index is 5.71. The van der Waals surface area contributed by atoms with Crippen LogP contribution < -0.4 is 11.1 Å². The van der Waals surface area contributed by atoms with Crippen molar-refractivity contribution < 1.29 is 0 Å². The molecule has 0 heterocycles. The molecule has 4 rings (SSSR count). The summed E-state index contributed by atoms with van der Waals surface area (Å²) in [5, 5.41) is 3.68. The van der Waals surface area contributed by atoms with Crippen molar-refractivity contribution in [2.75, 3.05) is 13.1 Å². The summed E-state index contributed by atoms with van der Waals surface area (Å²) in [5.41, 5.74) is 7.02. The van der Waals surface area contributed by atoms with Crippen molar-refractivity contribution in [2.24, 2.45) is 28.4 Å². The standard InChI is InChI=1S/C15H28N2/c1-11(8-16)17-10-15-6-12-3-13(7-15)5-14(2,4-12)9-15/h11-13,17H,3-10,16H2,1-2H3/t11-,12?,13?,14?,15?/m0/s1. The van der Waals surface area contributed by atoms with E-state index in [4.69, 9.17) is 5.73 Å². The fraction of sp³-hybridized carbons (Fsp3) is 1.00. The minimum atomic E-state index is 0.482. The van der Waals surface area contributed by atoms with Crippen LogP contribution in [-0.2, 0) is 0 Å². The summed E-state index contributed by atoms with van der Waals surface area (Å²) in [6.45, 7) is 6.74. The Morgan fingerprint density at radius 3 is 2.41 bits per heavy atom. The quantitative estimate of drug-likeness (QED) is 0.787. The lowest BCUT2D eigenvalue weighted by Crippen LogP contribution is -2.55. The summed E-state index contributed by atoms with van der Waals surface area (Å²) < 4.78 is 0. The average molecular weight is 236 g/mol. The number of nitrogens with two attached hydrogens (primary N) is 1. The van der Waals surface area contributed by atoms with Gasteiger partial charge in [-0.2, -0.15) is 0 Å². The van der Waals surface area contributed by atoms with Gasteiger partial charge in [0.15, 0.2) is 0 Å². The van der Waals surface area contributed by atoms with Gasteiger partial charge in [-0.1, -0.05) is 6.92 Å². The molecule has 2 heteroatoms. The molecule has 17 heavy (non-hydrogen) atoms. The Morgan fingerprint density at radius 1 is 1.24 bits per heavy atom. The van der Waals surface area contributed by atoms with Gasteiger partial charge in [-0.25, -0.2) is 0 Å². The predicted molar refractivity (Wildman–Crippen MR) is 71.7 cm³/mol. The lowest BCUT2D eigenvalue weighted by atomic mass is 9.44. The molecule has 0 aliphatic heterocycles. The number of nitrogens with one attached hydrogen (secondary N) is 1. The first-order valence-corrected chi connectivity index (χ1v) is 7.46. The monoisotopic (exact) mass is 236 g/mol. The predicted octanol–water partition coefficient (Wildman–Crippen LogP) is 2.53. The molecule has 3 N–H and O–H groups in total. The van der Waals surface area contributed by atoms with Crippen LogP contribution in [0, 0.1) is 22.7 Å². The minimum Gasteiger partial charge on any atom is -0.329 e. The molecule has 3 atom stereocenters. The van der Waals surface area contributed by atoms with Crippen LogP contribution in [0.5, 0.6) is 0 Å². The van der Waals surface area contributed by atoms with Gasteiger partial charge in [-0.3, -0.25) is 0 Å². The van der Waals surface area contributed by atoms with E-state index in [0.29, 0.717) is 16.9 Å². The zero-order valence-corrected chi connectivity index (χ0v) is 11.5.